The Hall–Kier alpha value is -0.350. The van der Waals surface area contributed by atoms with Crippen molar-refractivity contribution in [3.63, 3.8) is 0 Å². The molecule has 1 N–H and O–H groups in total. The van der Waals surface area contributed by atoms with Crippen LogP contribution >= 0.6 is 15.9 Å². The number of piperidine rings is 1. The average molecular weight is 272 g/mol. The third-order valence-electron chi connectivity index (χ3n) is 3.04. The van der Waals surface area contributed by atoms with Gasteiger partial charge in [0.2, 0.25) is 0 Å². The van der Waals surface area contributed by atoms with E-state index in [4.69, 9.17) is 0 Å². The summed E-state index contributed by atoms with van der Waals surface area (Å²) < 4.78 is 3.17. The van der Waals surface area contributed by atoms with E-state index in [1.165, 1.54) is 37.8 Å². The maximum atomic E-state index is 4.34. The van der Waals surface area contributed by atoms with Gasteiger partial charge >= 0.3 is 0 Å². The SMILES string of the molecule is Cc1cnn(CCC2CCCCN2)c1Br. The molecule has 1 aliphatic heterocycles. The lowest BCUT2D eigenvalue weighted by Gasteiger charge is -2.23. The van der Waals surface area contributed by atoms with Crippen molar-refractivity contribution in [1.29, 1.82) is 0 Å². The molecule has 1 aromatic rings. The van der Waals surface area contributed by atoms with Gasteiger partial charge in [-0.15, -0.1) is 0 Å². The van der Waals surface area contributed by atoms with Gasteiger partial charge in [0.25, 0.3) is 0 Å². The number of aryl methyl sites for hydroxylation is 2. The zero-order valence-electron chi connectivity index (χ0n) is 9.17. The summed E-state index contributed by atoms with van der Waals surface area (Å²) >= 11 is 3.56. The number of hydrogen-bond acceptors (Lipinski definition) is 2. The molecule has 1 saturated heterocycles. The predicted octanol–water partition coefficient (Wildman–Crippen LogP) is 2.49. The first-order valence-corrected chi connectivity index (χ1v) is 6.48. The van der Waals surface area contributed by atoms with Crippen LogP contribution in [0.4, 0.5) is 0 Å². The van der Waals surface area contributed by atoms with Gasteiger partial charge in [0.1, 0.15) is 4.60 Å². The molecule has 0 saturated carbocycles. The zero-order valence-corrected chi connectivity index (χ0v) is 10.8. The molecule has 0 bridgehead atoms. The van der Waals surface area contributed by atoms with E-state index in [0.29, 0.717) is 6.04 Å². The van der Waals surface area contributed by atoms with Gasteiger partial charge in [-0.1, -0.05) is 6.42 Å². The lowest BCUT2D eigenvalue weighted by Crippen LogP contribution is -2.34. The third-order valence-corrected chi connectivity index (χ3v) is 4.08. The van der Waals surface area contributed by atoms with Gasteiger partial charge in [0.15, 0.2) is 0 Å². The zero-order chi connectivity index (χ0) is 10.7. The topological polar surface area (TPSA) is 29.9 Å². The molecule has 0 spiro atoms. The number of rotatable bonds is 3. The van der Waals surface area contributed by atoms with Crippen molar-refractivity contribution in [2.75, 3.05) is 6.54 Å². The predicted molar refractivity (Wildman–Crippen MR) is 64.9 cm³/mol. The number of aromatic nitrogens is 2. The summed E-state index contributed by atoms with van der Waals surface area (Å²) in [4.78, 5) is 0. The average Bonchev–Trinajstić information content (AvgIpc) is 2.59. The van der Waals surface area contributed by atoms with Crippen LogP contribution < -0.4 is 5.32 Å². The molecule has 0 aliphatic carbocycles. The van der Waals surface area contributed by atoms with Gasteiger partial charge in [-0.25, -0.2) is 0 Å². The van der Waals surface area contributed by atoms with E-state index in [0.717, 1.165) is 11.1 Å². The second kappa shape index (κ2) is 5.12. The first-order valence-electron chi connectivity index (χ1n) is 5.68. The fourth-order valence-electron chi connectivity index (χ4n) is 2.07. The lowest BCUT2D eigenvalue weighted by molar-refractivity contribution is 0.359. The van der Waals surface area contributed by atoms with Gasteiger partial charge in [-0.2, -0.15) is 5.10 Å². The molecule has 3 nitrogen and oxygen atoms in total. The molecule has 1 fully saturated rings. The maximum Gasteiger partial charge on any atom is 0.106 e. The van der Waals surface area contributed by atoms with Gasteiger partial charge in [0.05, 0.1) is 6.20 Å². The Morgan fingerprint density at radius 2 is 2.47 bits per heavy atom. The molecule has 0 radical (unpaired) electrons. The Morgan fingerprint density at radius 3 is 3.07 bits per heavy atom. The molecule has 1 aromatic heterocycles. The summed E-state index contributed by atoms with van der Waals surface area (Å²) in [7, 11) is 0. The summed E-state index contributed by atoms with van der Waals surface area (Å²) in [5.74, 6) is 0. The van der Waals surface area contributed by atoms with Crippen LogP contribution in [0.1, 0.15) is 31.2 Å². The molecular weight excluding hydrogens is 254 g/mol. The van der Waals surface area contributed by atoms with E-state index >= 15 is 0 Å². The monoisotopic (exact) mass is 271 g/mol. The Kier molecular flexibility index (Phi) is 3.81. The molecule has 1 unspecified atom stereocenters. The van der Waals surface area contributed by atoms with Crippen LogP contribution in [-0.2, 0) is 6.54 Å². The van der Waals surface area contributed by atoms with Crippen molar-refractivity contribution in [3.05, 3.63) is 16.4 Å². The summed E-state index contributed by atoms with van der Waals surface area (Å²) in [5, 5.41) is 7.90. The van der Waals surface area contributed by atoms with Gasteiger partial charge in [-0.3, -0.25) is 4.68 Å². The molecule has 2 rings (SSSR count). The first-order chi connectivity index (χ1) is 7.27. The van der Waals surface area contributed by atoms with E-state index in [9.17, 15) is 0 Å². The quantitative estimate of drug-likeness (QED) is 0.916. The highest BCUT2D eigenvalue weighted by atomic mass is 79.9. The van der Waals surface area contributed by atoms with Crippen LogP contribution in [0.2, 0.25) is 0 Å². The Bertz CT molecular complexity index is 316. The fraction of sp³-hybridized carbons (Fsp3) is 0.727. The van der Waals surface area contributed by atoms with Crippen LogP contribution in [0, 0.1) is 6.92 Å². The van der Waals surface area contributed by atoms with Crippen molar-refractivity contribution >= 4 is 15.9 Å². The van der Waals surface area contributed by atoms with Crippen LogP contribution in [0.25, 0.3) is 0 Å². The van der Waals surface area contributed by atoms with Crippen LogP contribution in [-0.4, -0.2) is 22.4 Å². The molecule has 2 heterocycles. The first kappa shape index (κ1) is 11.1. The highest BCUT2D eigenvalue weighted by Crippen LogP contribution is 2.17. The van der Waals surface area contributed by atoms with Crippen molar-refractivity contribution in [1.82, 2.24) is 15.1 Å². The van der Waals surface area contributed by atoms with E-state index < -0.39 is 0 Å². The largest absolute Gasteiger partial charge is 0.314 e. The van der Waals surface area contributed by atoms with Gasteiger partial charge in [0, 0.05) is 18.2 Å². The van der Waals surface area contributed by atoms with Gasteiger partial charge < -0.3 is 5.32 Å². The minimum absolute atomic E-state index is 0.690. The smallest absolute Gasteiger partial charge is 0.106 e. The maximum absolute atomic E-state index is 4.34. The molecule has 1 atom stereocenters. The van der Waals surface area contributed by atoms with E-state index in [-0.39, 0.29) is 0 Å². The molecular formula is C11H18BrN3. The minimum Gasteiger partial charge on any atom is -0.314 e. The highest BCUT2D eigenvalue weighted by molar-refractivity contribution is 9.10. The lowest BCUT2D eigenvalue weighted by atomic mass is 10.0. The number of halogens is 1. The molecule has 0 aromatic carbocycles. The summed E-state index contributed by atoms with van der Waals surface area (Å²) in [6.07, 6.45) is 7.12. The van der Waals surface area contributed by atoms with Crippen molar-refractivity contribution in [2.45, 2.75) is 45.2 Å². The van der Waals surface area contributed by atoms with Crippen molar-refractivity contribution in [3.8, 4) is 0 Å². The van der Waals surface area contributed by atoms with Crippen molar-refractivity contribution in [2.24, 2.45) is 0 Å². The Labute approximate surface area is 99.4 Å². The van der Waals surface area contributed by atoms with Gasteiger partial charge in [-0.05, 0) is 48.7 Å². The molecule has 15 heavy (non-hydrogen) atoms. The number of nitrogens with zero attached hydrogens (tertiary/aromatic N) is 2. The second-order valence-corrected chi connectivity index (χ2v) is 5.03. The van der Waals surface area contributed by atoms with E-state index in [2.05, 4.69) is 33.3 Å². The minimum atomic E-state index is 0.690. The van der Waals surface area contributed by atoms with Crippen LogP contribution in [0.5, 0.6) is 0 Å². The molecule has 1 aliphatic rings. The summed E-state index contributed by atoms with van der Waals surface area (Å²) in [6, 6.07) is 0.690. The van der Waals surface area contributed by atoms with E-state index in [1.54, 1.807) is 0 Å². The fourth-order valence-corrected chi connectivity index (χ4v) is 2.44. The second-order valence-electron chi connectivity index (χ2n) is 4.28. The van der Waals surface area contributed by atoms with Crippen molar-refractivity contribution < 1.29 is 0 Å². The standard InChI is InChI=1S/C11H18BrN3/c1-9-8-14-15(11(9)12)7-5-10-4-2-3-6-13-10/h8,10,13H,2-7H2,1H3. The summed E-state index contributed by atoms with van der Waals surface area (Å²) in [6.45, 7) is 4.27. The Balaban J connectivity index is 1.84. The third kappa shape index (κ3) is 2.82. The van der Waals surface area contributed by atoms with Crippen LogP contribution in [0.3, 0.4) is 0 Å². The van der Waals surface area contributed by atoms with Crippen LogP contribution in [0.15, 0.2) is 10.8 Å². The number of hydrogen-bond donors (Lipinski definition) is 1. The van der Waals surface area contributed by atoms with E-state index in [1.807, 2.05) is 10.9 Å². The normalized spacial score (nSPS) is 21.9. The Morgan fingerprint density at radius 1 is 1.60 bits per heavy atom. The highest BCUT2D eigenvalue weighted by Gasteiger charge is 2.13. The number of nitrogens with one attached hydrogen (secondary N) is 1. The summed E-state index contributed by atoms with van der Waals surface area (Å²) in [5.41, 5.74) is 1.21. The molecule has 4 heteroatoms. The molecule has 0 amide bonds. The molecule has 84 valence electrons.